The van der Waals surface area contributed by atoms with Crippen molar-refractivity contribution in [2.45, 2.75) is 6.43 Å². The van der Waals surface area contributed by atoms with Gasteiger partial charge in [0.1, 0.15) is 0 Å². The molecule has 1 aromatic heterocycles. The average Bonchev–Trinajstić information content (AvgIpc) is 2.15. The number of nitro groups is 1. The molecule has 0 aromatic carbocycles. The van der Waals surface area contributed by atoms with E-state index in [0.29, 0.717) is 6.07 Å². The molecule has 0 spiro atoms. The van der Waals surface area contributed by atoms with Gasteiger partial charge in [-0.05, 0) is 0 Å². The standard InChI is InChI=1S/C7H5F2N3O4/c8-5(9)2-1-3(12(15)16)4(6(10)13)11-7(2)14/h1,5H,(H2,10,13)(H,11,14). The third kappa shape index (κ3) is 2.02. The van der Waals surface area contributed by atoms with Crippen LogP contribution in [-0.4, -0.2) is 15.8 Å². The van der Waals surface area contributed by atoms with E-state index < -0.39 is 39.8 Å². The number of nitrogens with two attached hydrogens (primary N) is 1. The van der Waals surface area contributed by atoms with Crippen molar-refractivity contribution in [3.63, 3.8) is 0 Å². The molecule has 0 aliphatic rings. The van der Waals surface area contributed by atoms with Crippen molar-refractivity contribution < 1.29 is 18.5 Å². The van der Waals surface area contributed by atoms with Crippen molar-refractivity contribution in [3.8, 4) is 0 Å². The average molecular weight is 233 g/mol. The lowest BCUT2D eigenvalue weighted by Gasteiger charge is -2.01. The number of aromatic nitrogens is 1. The summed E-state index contributed by atoms with van der Waals surface area (Å²) >= 11 is 0. The molecule has 1 rings (SSSR count). The maximum Gasteiger partial charge on any atom is 0.299 e. The molecule has 0 atom stereocenters. The van der Waals surface area contributed by atoms with Gasteiger partial charge in [-0.25, -0.2) is 8.78 Å². The van der Waals surface area contributed by atoms with Crippen LogP contribution in [0.25, 0.3) is 0 Å². The topological polar surface area (TPSA) is 119 Å². The number of pyridine rings is 1. The fourth-order valence-corrected chi connectivity index (χ4v) is 1.03. The molecule has 86 valence electrons. The van der Waals surface area contributed by atoms with Crippen LogP contribution in [0.5, 0.6) is 0 Å². The summed E-state index contributed by atoms with van der Waals surface area (Å²) in [5.41, 5.74) is 0.615. The number of rotatable bonds is 3. The third-order valence-electron chi connectivity index (χ3n) is 1.73. The van der Waals surface area contributed by atoms with Gasteiger partial charge in [0.2, 0.25) is 0 Å². The smallest absolute Gasteiger partial charge is 0.299 e. The predicted octanol–water partition coefficient (Wildman–Crippen LogP) is 0.320. The summed E-state index contributed by atoms with van der Waals surface area (Å²) < 4.78 is 24.5. The van der Waals surface area contributed by atoms with E-state index in [2.05, 4.69) is 0 Å². The SMILES string of the molecule is NC(=O)c1[nH]c(=O)c(C(F)F)cc1[N+](=O)[O-]. The lowest BCUT2D eigenvalue weighted by Crippen LogP contribution is -2.23. The van der Waals surface area contributed by atoms with Gasteiger partial charge in [-0.1, -0.05) is 0 Å². The summed E-state index contributed by atoms with van der Waals surface area (Å²) in [5, 5.41) is 10.4. The summed E-state index contributed by atoms with van der Waals surface area (Å²) in [7, 11) is 0. The number of hydrogen-bond donors (Lipinski definition) is 2. The molecule has 16 heavy (non-hydrogen) atoms. The number of aromatic amines is 1. The first-order chi connectivity index (χ1) is 7.34. The van der Waals surface area contributed by atoms with Crippen LogP contribution in [0.15, 0.2) is 10.9 Å². The minimum absolute atomic E-state index is 0.337. The van der Waals surface area contributed by atoms with Gasteiger partial charge >= 0.3 is 0 Å². The summed E-state index contributed by atoms with van der Waals surface area (Å²) in [6.07, 6.45) is -3.18. The maximum atomic E-state index is 12.2. The molecule has 0 unspecified atom stereocenters. The van der Waals surface area contributed by atoms with Crippen LogP contribution < -0.4 is 11.3 Å². The number of halogens is 2. The van der Waals surface area contributed by atoms with E-state index in [1.807, 2.05) is 0 Å². The molecule has 0 aliphatic heterocycles. The summed E-state index contributed by atoms with van der Waals surface area (Å²) in [5.74, 6) is -1.27. The second-order valence-corrected chi connectivity index (χ2v) is 2.74. The van der Waals surface area contributed by atoms with Crippen molar-refractivity contribution in [3.05, 3.63) is 37.8 Å². The van der Waals surface area contributed by atoms with Crippen LogP contribution in [0.3, 0.4) is 0 Å². The van der Waals surface area contributed by atoms with Gasteiger partial charge in [0.05, 0.1) is 10.5 Å². The number of primary amides is 1. The van der Waals surface area contributed by atoms with Gasteiger partial charge in [0.25, 0.3) is 23.6 Å². The fourth-order valence-electron chi connectivity index (χ4n) is 1.03. The highest BCUT2D eigenvalue weighted by atomic mass is 19.3. The van der Waals surface area contributed by atoms with Crippen molar-refractivity contribution in [2.75, 3.05) is 0 Å². The molecule has 7 nitrogen and oxygen atoms in total. The van der Waals surface area contributed by atoms with E-state index in [4.69, 9.17) is 5.73 Å². The van der Waals surface area contributed by atoms with Crippen molar-refractivity contribution in [1.82, 2.24) is 4.98 Å². The van der Waals surface area contributed by atoms with E-state index >= 15 is 0 Å². The Morgan fingerprint density at radius 2 is 2.12 bits per heavy atom. The lowest BCUT2D eigenvalue weighted by atomic mass is 10.2. The Morgan fingerprint density at radius 1 is 1.56 bits per heavy atom. The largest absolute Gasteiger partial charge is 0.364 e. The molecular formula is C7H5F2N3O4. The lowest BCUT2D eigenvalue weighted by molar-refractivity contribution is -0.385. The third-order valence-corrected chi connectivity index (χ3v) is 1.73. The van der Waals surface area contributed by atoms with Crippen LogP contribution >= 0.6 is 0 Å². The van der Waals surface area contributed by atoms with E-state index in [1.165, 1.54) is 0 Å². The van der Waals surface area contributed by atoms with Crippen molar-refractivity contribution in [2.24, 2.45) is 5.73 Å². The normalized spacial score (nSPS) is 10.4. The zero-order valence-corrected chi connectivity index (χ0v) is 7.57. The maximum absolute atomic E-state index is 12.2. The quantitative estimate of drug-likeness (QED) is 0.576. The molecule has 0 fully saturated rings. The van der Waals surface area contributed by atoms with E-state index in [-0.39, 0.29) is 0 Å². The first kappa shape index (κ1) is 11.8. The minimum Gasteiger partial charge on any atom is -0.364 e. The highest BCUT2D eigenvalue weighted by molar-refractivity contribution is 5.94. The summed E-state index contributed by atoms with van der Waals surface area (Å²) in [4.78, 5) is 32.7. The number of H-pyrrole nitrogens is 1. The number of carbonyl (C=O) groups excluding carboxylic acids is 1. The number of nitrogens with one attached hydrogen (secondary N) is 1. The van der Waals surface area contributed by atoms with Gasteiger partial charge in [0, 0.05) is 6.07 Å². The molecule has 1 heterocycles. The Labute approximate surface area is 86.0 Å². The Hall–Kier alpha value is -2.32. The summed E-state index contributed by atoms with van der Waals surface area (Å²) in [6.45, 7) is 0. The van der Waals surface area contributed by atoms with Crippen LogP contribution in [0.1, 0.15) is 22.5 Å². The first-order valence-electron chi connectivity index (χ1n) is 3.84. The van der Waals surface area contributed by atoms with E-state index in [1.54, 1.807) is 4.98 Å². The Balaban J connectivity index is 3.56. The number of hydrogen-bond acceptors (Lipinski definition) is 4. The van der Waals surface area contributed by atoms with Gasteiger partial charge in [-0.15, -0.1) is 0 Å². The Morgan fingerprint density at radius 3 is 2.50 bits per heavy atom. The molecule has 0 bridgehead atoms. The second kappa shape index (κ2) is 4.04. The molecule has 3 N–H and O–H groups in total. The molecule has 1 amide bonds. The molecular weight excluding hydrogens is 228 g/mol. The summed E-state index contributed by atoms with van der Waals surface area (Å²) in [6, 6.07) is 0.337. The van der Waals surface area contributed by atoms with Crippen LogP contribution in [0.4, 0.5) is 14.5 Å². The molecule has 0 radical (unpaired) electrons. The minimum atomic E-state index is -3.18. The number of alkyl halides is 2. The van der Waals surface area contributed by atoms with Crippen LogP contribution in [-0.2, 0) is 0 Å². The fraction of sp³-hybridized carbons (Fsp3) is 0.143. The highest BCUT2D eigenvalue weighted by Crippen LogP contribution is 2.21. The monoisotopic (exact) mass is 233 g/mol. The van der Waals surface area contributed by atoms with E-state index in [0.717, 1.165) is 0 Å². The zero-order chi connectivity index (χ0) is 12.5. The number of amides is 1. The van der Waals surface area contributed by atoms with Gasteiger partial charge in [-0.2, -0.15) is 0 Å². The Bertz CT molecular complexity index is 511. The number of nitrogens with zero attached hydrogens (tertiary/aromatic N) is 1. The van der Waals surface area contributed by atoms with Crippen molar-refractivity contribution >= 4 is 11.6 Å². The number of carbonyl (C=O) groups is 1. The molecule has 1 aromatic rings. The van der Waals surface area contributed by atoms with Crippen molar-refractivity contribution in [1.29, 1.82) is 0 Å². The van der Waals surface area contributed by atoms with Gasteiger partial charge in [-0.3, -0.25) is 19.7 Å². The van der Waals surface area contributed by atoms with Crippen LogP contribution in [0, 0.1) is 10.1 Å². The van der Waals surface area contributed by atoms with E-state index in [9.17, 15) is 28.5 Å². The van der Waals surface area contributed by atoms with Gasteiger partial charge in [0.15, 0.2) is 5.69 Å². The zero-order valence-electron chi connectivity index (χ0n) is 7.57. The van der Waals surface area contributed by atoms with Gasteiger partial charge < -0.3 is 10.7 Å². The predicted molar refractivity (Wildman–Crippen MR) is 47.2 cm³/mol. The van der Waals surface area contributed by atoms with Crippen LogP contribution in [0.2, 0.25) is 0 Å². The second-order valence-electron chi connectivity index (χ2n) is 2.74. The molecule has 9 heteroatoms. The molecule has 0 aliphatic carbocycles. The first-order valence-corrected chi connectivity index (χ1v) is 3.84. The molecule has 0 saturated carbocycles. The Kier molecular flexibility index (Phi) is 2.97. The highest BCUT2D eigenvalue weighted by Gasteiger charge is 2.24. The molecule has 0 saturated heterocycles.